The molecule has 0 spiro atoms. The first-order valence-corrected chi connectivity index (χ1v) is 10.3. The summed E-state index contributed by atoms with van der Waals surface area (Å²) in [6.45, 7) is 0.687. The second kappa shape index (κ2) is 9.80. The van der Waals surface area contributed by atoms with Gasteiger partial charge >= 0.3 is 6.09 Å². The van der Waals surface area contributed by atoms with Crippen molar-refractivity contribution in [2.75, 3.05) is 11.9 Å². The van der Waals surface area contributed by atoms with Crippen LogP contribution in [0.5, 0.6) is 11.5 Å². The van der Waals surface area contributed by atoms with Crippen LogP contribution in [0.4, 0.5) is 10.5 Å². The van der Waals surface area contributed by atoms with E-state index >= 15 is 0 Å². The van der Waals surface area contributed by atoms with Gasteiger partial charge in [-0.25, -0.2) is 4.79 Å². The summed E-state index contributed by atoms with van der Waals surface area (Å²) in [7, 11) is 0. The van der Waals surface area contributed by atoms with Crippen LogP contribution in [0.1, 0.15) is 18.4 Å². The summed E-state index contributed by atoms with van der Waals surface area (Å²) in [5.74, 6) is 1.11. The Kier molecular flexibility index (Phi) is 6.47. The van der Waals surface area contributed by atoms with Crippen molar-refractivity contribution in [3.05, 3.63) is 90.5 Å². The first kappa shape index (κ1) is 20.5. The van der Waals surface area contributed by atoms with E-state index in [-0.39, 0.29) is 12.5 Å². The highest BCUT2D eigenvalue weighted by Gasteiger charge is 2.35. The molecule has 3 aromatic rings. The fraction of sp³-hybridized carbons (Fsp3) is 0.200. The fourth-order valence-electron chi connectivity index (χ4n) is 3.55. The van der Waals surface area contributed by atoms with Crippen LogP contribution in [0, 0.1) is 0 Å². The lowest BCUT2D eigenvalue weighted by Crippen LogP contribution is -2.43. The van der Waals surface area contributed by atoms with Crippen LogP contribution in [0.2, 0.25) is 0 Å². The molecule has 6 heteroatoms. The van der Waals surface area contributed by atoms with Crippen LogP contribution in [-0.4, -0.2) is 29.5 Å². The molecule has 1 atom stereocenters. The van der Waals surface area contributed by atoms with E-state index in [4.69, 9.17) is 9.47 Å². The second-order valence-electron chi connectivity index (χ2n) is 7.32. The molecule has 4 rings (SSSR count). The SMILES string of the molecule is O=C(Nc1cccc(Oc2ccccc2)c1)C1CCCN1C(=O)OCc1ccccc1. The minimum Gasteiger partial charge on any atom is -0.457 e. The quantitative estimate of drug-likeness (QED) is 0.598. The van der Waals surface area contributed by atoms with Crippen LogP contribution in [0.25, 0.3) is 0 Å². The number of hydrogen-bond donors (Lipinski definition) is 1. The van der Waals surface area contributed by atoms with Gasteiger partial charge in [-0.15, -0.1) is 0 Å². The Morgan fingerprint density at radius 2 is 1.61 bits per heavy atom. The summed E-state index contributed by atoms with van der Waals surface area (Å²) in [5.41, 5.74) is 1.52. The molecule has 1 aliphatic rings. The van der Waals surface area contributed by atoms with Gasteiger partial charge in [-0.3, -0.25) is 9.69 Å². The Labute approximate surface area is 181 Å². The lowest BCUT2D eigenvalue weighted by Gasteiger charge is -2.23. The van der Waals surface area contributed by atoms with Gasteiger partial charge in [-0.1, -0.05) is 54.6 Å². The van der Waals surface area contributed by atoms with E-state index in [9.17, 15) is 9.59 Å². The maximum Gasteiger partial charge on any atom is 0.410 e. The number of benzene rings is 3. The van der Waals surface area contributed by atoms with Gasteiger partial charge in [-0.05, 0) is 42.7 Å². The molecule has 3 aromatic carbocycles. The van der Waals surface area contributed by atoms with E-state index < -0.39 is 12.1 Å². The van der Waals surface area contributed by atoms with Crippen molar-refractivity contribution in [1.82, 2.24) is 4.90 Å². The predicted molar refractivity (Wildman–Crippen MR) is 118 cm³/mol. The summed E-state index contributed by atoms with van der Waals surface area (Å²) in [4.78, 5) is 26.9. The third-order valence-corrected chi connectivity index (χ3v) is 5.08. The number of likely N-dealkylation sites (tertiary alicyclic amines) is 1. The molecule has 0 aliphatic carbocycles. The molecule has 0 radical (unpaired) electrons. The number of hydrogen-bond acceptors (Lipinski definition) is 4. The van der Waals surface area contributed by atoms with Crippen molar-refractivity contribution < 1.29 is 19.1 Å². The summed E-state index contributed by atoms with van der Waals surface area (Å²) < 4.78 is 11.2. The second-order valence-corrected chi connectivity index (χ2v) is 7.32. The highest BCUT2D eigenvalue weighted by Crippen LogP contribution is 2.25. The summed E-state index contributed by atoms with van der Waals surface area (Å²) in [6.07, 6.45) is 0.893. The van der Waals surface area contributed by atoms with Gasteiger partial charge in [-0.2, -0.15) is 0 Å². The number of nitrogens with one attached hydrogen (secondary N) is 1. The van der Waals surface area contributed by atoms with Crippen molar-refractivity contribution in [3.8, 4) is 11.5 Å². The molecule has 2 amide bonds. The Morgan fingerprint density at radius 3 is 2.39 bits per heavy atom. The zero-order valence-corrected chi connectivity index (χ0v) is 17.1. The van der Waals surface area contributed by atoms with Crippen LogP contribution in [-0.2, 0) is 16.1 Å². The lowest BCUT2D eigenvalue weighted by molar-refractivity contribution is -0.120. The summed E-state index contributed by atoms with van der Waals surface area (Å²) in [5, 5.41) is 2.90. The van der Waals surface area contributed by atoms with E-state index in [2.05, 4.69) is 5.32 Å². The van der Waals surface area contributed by atoms with Crippen molar-refractivity contribution in [1.29, 1.82) is 0 Å². The van der Waals surface area contributed by atoms with Crippen molar-refractivity contribution in [3.63, 3.8) is 0 Å². The number of carbonyl (C=O) groups is 2. The molecule has 6 nitrogen and oxygen atoms in total. The number of para-hydroxylation sites is 1. The van der Waals surface area contributed by atoms with Gasteiger partial charge in [0.25, 0.3) is 0 Å². The standard InChI is InChI=1S/C25H24N2O4/c28-24(26-20-11-7-14-22(17-20)31-21-12-5-2-6-13-21)23-15-8-16-27(23)25(29)30-18-19-9-3-1-4-10-19/h1-7,9-14,17,23H,8,15-16,18H2,(H,26,28). The number of amides is 2. The molecule has 31 heavy (non-hydrogen) atoms. The number of ether oxygens (including phenoxy) is 2. The zero-order chi connectivity index (χ0) is 21.5. The van der Waals surface area contributed by atoms with Crippen LogP contribution in [0.3, 0.4) is 0 Å². The normalized spacial score (nSPS) is 15.4. The Balaban J connectivity index is 1.36. The molecule has 1 N–H and O–H groups in total. The molecule has 1 heterocycles. The summed E-state index contributed by atoms with van der Waals surface area (Å²) >= 11 is 0. The summed E-state index contributed by atoms with van der Waals surface area (Å²) in [6, 6.07) is 25.6. The molecule has 158 valence electrons. The molecule has 1 unspecified atom stereocenters. The third-order valence-electron chi connectivity index (χ3n) is 5.08. The molecule has 0 saturated carbocycles. The number of nitrogens with zero attached hydrogens (tertiary/aromatic N) is 1. The minimum atomic E-state index is -0.554. The molecular formula is C25H24N2O4. The average Bonchev–Trinajstić information content (AvgIpc) is 3.29. The van der Waals surface area contributed by atoms with Crippen molar-refractivity contribution in [2.45, 2.75) is 25.5 Å². The van der Waals surface area contributed by atoms with E-state index in [0.29, 0.717) is 30.2 Å². The monoisotopic (exact) mass is 416 g/mol. The largest absolute Gasteiger partial charge is 0.457 e. The first-order chi connectivity index (χ1) is 15.2. The molecule has 0 aromatic heterocycles. The van der Waals surface area contributed by atoms with Crippen molar-refractivity contribution in [2.24, 2.45) is 0 Å². The van der Waals surface area contributed by atoms with Gasteiger partial charge in [0, 0.05) is 18.3 Å². The van der Waals surface area contributed by atoms with E-state index in [1.54, 1.807) is 12.1 Å². The number of rotatable bonds is 6. The van der Waals surface area contributed by atoms with Gasteiger partial charge in [0.1, 0.15) is 24.1 Å². The maximum absolute atomic E-state index is 12.9. The predicted octanol–water partition coefficient (Wildman–Crippen LogP) is 5.22. The minimum absolute atomic E-state index is 0.184. The molecule has 1 saturated heterocycles. The van der Waals surface area contributed by atoms with E-state index in [1.807, 2.05) is 72.8 Å². The third kappa shape index (κ3) is 5.42. The topological polar surface area (TPSA) is 67.9 Å². The van der Waals surface area contributed by atoms with E-state index in [0.717, 1.165) is 12.0 Å². The van der Waals surface area contributed by atoms with Crippen LogP contribution >= 0.6 is 0 Å². The van der Waals surface area contributed by atoms with Gasteiger partial charge in [0.15, 0.2) is 0 Å². The van der Waals surface area contributed by atoms with Crippen molar-refractivity contribution >= 4 is 17.7 Å². The molecular weight excluding hydrogens is 392 g/mol. The highest BCUT2D eigenvalue weighted by atomic mass is 16.6. The molecule has 1 fully saturated rings. The highest BCUT2D eigenvalue weighted by molar-refractivity contribution is 5.97. The van der Waals surface area contributed by atoms with Crippen LogP contribution in [0.15, 0.2) is 84.9 Å². The zero-order valence-electron chi connectivity index (χ0n) is 17.1. The fourth-order valence-corrected chi connectivity index (χ4v) is 3.55. The van der Waals surface area contributed by atoms with E-state index in [1.165, 1.54) is 4.90 Å². The molecule has 0 bridgehead atoms. The maximum atomic E-state index is 12.9. The number of carbonyl (C=O) groups excluding carboxylic acids is 2. The van der Waals surface area contributed by atoms with Gasteiger partial charge in [0.2, 0.25) is 5.91 Å². The smallest absolute Gasteiger partial charge is 0.410 e. The average molecular weight is 416 g/mol. The van der Waals surface area contributed by atoms with Crippen LogP contribution < -0.4 is 10.1 Å². The first-order valence-electron chi connectivity index (χ1n) is 10.3. The van der Waals surface area contributed by atoms with Gasteiger partial charge < -0.3 is 14.8 Å². The number of anilines is 1. The Hall–Kier alpha value is -3.80. The lowest BCUT2D eigenvalue weighted by atomic mass is 10.2. The molecule has 1 aliphatic heterocycles. The Morgan fingerprint density at radius 1 is 0.903 bits per heavy atom. The van der Waals surface area contributed by atoms with Gasteiger partial charge in [0.05, 0.1) is 0 Å². The Bertz CT molecular complexity index is 1020.